The minimum Gasteiger partial charge on any atom is -0.457 e. The van der Waals surface area contributed by atoms with Crippen molar-refractivity contribution in [3.63, 3.8) is 0 Å². The highest BCUT2D eigenvalue weighted by atomic mass is 32.2. The van der Waals surface area contributed by atoms with Gasteiger partial charge in [0.2, 0.25) is 19.7 Å². The summed E-state index contributed by atoms with van der Waals surface area (Å²) in [4.78, 5) is 0.589. The quantitative estimate of drug-likeness (QED) is 0.105. The van der Waals surface area contributed by atoms with E-state index in [1.54, 1.807) is 72.8 Å². The minimum atomic E-state index is -3.80. The minimum absolute atomic E-state index is 0.143. The first-order valence-corrected chi connectivity index (χ1v) is 28.7. The van der Waals surface area contributed by atoms with Crippen molar-refractivity contribution in [3.05, 3.63) is 255 Å². The zero-order chi connectivity index (χ0) is 54.2. The number of benzene rings is 12. The third-order valence-electron chi connectivity index (χ3n) is 12.9. The van der Waals surface area contributed by atoms with E-state index in [9.17, 15) is 16.8 Å². The van der Waals surface area contributed by atoms with E-state index < -0.39 is 19.7 Å². The molecular weight excluding hydrogens is 1010 g/mol. The van der Waals surface area contributed by atoms with E-state index in [0.717, 1.165) is 43.4 Å². The van der Waals surface area contributed by atoms with Crippen molar-refractivity contribution < 1.29 is 35.8 Å². The fourth-order valence-corrected chi connectivity index (χ4v) is 11.5. The lowest BCUT2D eigenvalue weighted by Gasteiger charge is -2.11. The van der Waals surface area contributed by atoms with Crippen LogP contribution in [-0.4, -0.2) is 16.8 Å². The molecule has 0 aliphatic heterocycles. The van der Waals surface area contributed by atoms with Crippen molar-refractivity contribution >= 4 is 62.8 Å². The Morgan fingerprint density at radius 2 is 0.423 bits per heavy atom. The second kappa shape index (κ2) is 22.9. The number of rotatable bonds is 13. The van der Waals surface area contributed by atoms with E-state index in [1.165, 1.54) is 35.0 Å². The van der Waals surface area contributed by atoms with Crippen LogP contribution in [0, 0.1) is 0 Å². The lowest BCUT2D eigenvalue weighted by atomic mass is 10.0. The lowest BCUT2D eigenvalue weighted by molar-refractivity contribution is 0.481. The van der Waals surface area contributed by atoms with Gasteiger partial charge in [-0.15, -0.1) is 0 Å². The number of ether oxygens (including phenoxy) is 4. The van der Waals surface area contributed by atoms with Crippen LogP contribution in [-0.2, 0) is 19.7 Å². The Morgan fingerprint density at radius 3 is 0.692 bits per heavy atom. The van der Waals surface area contributed by atoms with Crippen molar-refractivity contribution in [2.24, 2.45) is 0 Å². The smallest absolute Gasteiger partial charge is 0.206 e. The zero-order valence-electron chi connectivity index (χ0n) is 43.3. The van der Waals surface area contributed by atoms with Gasteiger partial charge < -0.3 is 18.9 Å². The van der Waals surface area contributed by atoms with Gasteiger partial charge in [-0.25, -0.2) is 16.8 Å². The third kappa shape index (κ3) is 11.5. The molecule has 0 atom stereocenters. The van der Waals surface area contributed by atoms with Crippen LogP contribution in [0.15, 0.2) is 274 Å². The highest BCUT2D eigenvalue weighted by Gasteiger charge is 2.20. The Labute approximate surface area is 455 Å². The van der Waals surface area contributed by atoms with Crippen LogP contribution in [0.2, 0.25) is 0 Å². The molecule has 0 unspecified atom stereocenters. The Balaban J connectivity index is 0.00000168. The lowest BCUT2D eigenvalue weighted by Crippen LogP contribution is -2.01. The maximum Gasteiger partial charge on any atom is 0.206 e. The number of sulfone groups is 2. The van der Waals surface area contributed by atoms with Gasteiger partial charge in [0.25, 0.3) is 0 Å². The number of hydrogen-bond acceptors (Lipinski definition) is 8. The molecular formula is C68H54O8S2. The van der Waals surface area contributed by atoms with Gasteiger partial charge in [0.15, 0.2) is 0 Å². The highest BCUT2D eigenvalue weighted by molar-refractivity contribution is 7.91. The van der Waals surface area contributed by atoms with Gasteiger partial charge in [-0.05, 0) is 224 Å². The summed E-state index contributed by atoms with van der Waals surface area (Å²) in [5.41, 5.74) is 1.90. The summed E-state index contributed by atoms with van der Waals surface area (Å²) in [5.74, 6) is 4.52. The topological polar surface area (TPSA) is 105 Å². The molecule has 0 heterocycles. The fraction of sp³-hybridized carbons (Fsp3) is 0.0588. The van der Waals surface area contributed by atoms with Gasteiger partial charge >= 0.3 is 0 Å². The van der Waals surface area contributed by atoms with Gasteiger partial charge in [-0.2, -0.15) is 0 Å². The summed E-state index contributed by atoms with van der Waals surface area (Å²) in [6.45, 7) is 8.00. The van der Waals surface area contributed by atoms with Crippen LogP contribution in [0.4, 0.5) is 0 Å². The second-order valence-electron chi connectivity index (χ2n) is 17.8. The molecule has 12 aromatic rings. The van der Waals surface area contributed by atoms with Crippen molar-refractivity contribution in [1.29, 1.82) is 0 Å². The van der Waals surface area contributed by atoms with E-state index in [-0.39, 0.29) is 19.6 Å². The molecule has 0 aliphatic carbocycles. The Morgan fingerprint density at radius 1 is 0.218 bits per heavy atom. The normalized spacial score (nSPS) is 11.3. The van der Waals surface area contributed by atoms with Crippen LogP contribution in [0.1, 0.15) is 27.7 Å². The summed E-state index contributed by atoms with van der Waals surface area (Å²) in [7, 11) is -7.61. The van der Waals surface area contributed by atoms with Crippen molar-refractivity contribution in [2.45, 2.75) is 47.3 Å². The van der Waals surface area contributed by atoms with Crippen molar-refractivity contribution in [2.75, 3.05) is 0 Å². The molecule has 12 aromatic carbocycles. The van der Waals surface area contributed by atoms with Gasteiger partial charge in [-0.3, -0.25) is 0 Å². The predicted molar refractivity (Wildman–Crippen MR) is 314 cm³/mol. The average molecular weight is 1060 g/mol. The number of fused-ring (bicyclic) bond motifs is 4. The molecule has 0 saturated heterocycles. The molecule has 12 rings (SSSR count). The molecule has 0 aliphatic rings. The summed E-state index contributed by atoms with van der Waals surface area (Å²) in [6, 6.07) is 77.5. The number of hydrogen-bond donors (Lipinski definition) is 0. The summed E-state index contributed by atoms with van der Waals surface area (Å²) in [6.07, 6.45) is 0. The Bertz CT molecular complexity index is 4000. The SMILES string of the molecule is CC.CC.O=S(=O)(c1ccc(Oc2ccc(-c3ccc(Oc4ccc(S(=O)(=O)c5ccc(Oc6ccc7cc8ccccc8cc7c6)cc5)cc4)cc3)cc2)cc1)c1ccc(Oc2ccc3cc4ccccc4cc3c2)cc1. The maximum atomic E-state index is 13.6. The molecule has 0 bridgehead atoms. The first-order chi connectivity index (χ1) is 38.1. The standard InChI is InChI=1S/C64H42O8S2.2C2H6/c65-73(66,63-33-25-57(26-34-63)71-59-19-13-49-37-45-5-1-3-7-47(45)39-51(49)41-59)61-29-21-55(22-30-61)69-53-15-9-43(10-16-53)44-11-17-54(18-12-44)70-56-23-31-62(32-24-56)74(67,68)64-35-27-58(28-36-64)72-60-20-14-50-38-46-6-2-4-8-48(46)40-52(50)42-60;2*1-2/h1-42H;2*1-2H3. The molecule has 0 saturated carbocycles. The Kier molecular flexibility index (Phi) is 15.4. The largest absolute Gasteiger partial charge is 0.457 e. The first kappa shape index (κ1) is 52.2. The van der Waals surface area contributed by atoms with Crippen LogP contribution in [0.25, 0.3) is 54.2 Å². The predicted octanol–water partition coefficient (Wildman–Crippen LogP) is 18.9. The molecule has 10 heteroatoms. The zero-order valence-corrected chi connectivity index (χ0v) is 45.0. The fourth-order valence-electron chi connectivity index (χ4n) is 8.96. The Hall–Kier alpha value is -9.22. The monoisotopic (exact) mass is 1060 g/mol. The van der Waals surface area contributed by atoms with Gasteiger partial charge in [0, 0.05) is 0 Å². The molecule has 0 aromatic heterocycles. The molecule has 78 heavy (non-hydrogen) atoms. The maximum absolute atomic E-state index is 13.6. The van der Waals surface area contributed by atoms with Gasteiger partial charge in [-0.1, -0.05) is 113 Å². The summed E-state index contributed by atoms with van der Waals surface area (Å²) >= 11 is 0. The van der Waals surface area contributed by atoms with Crippen LogP contribution in [0.3, 0.4) is 0 Å². The molecule has 386 valence electrons. The molecule has 0 N–H and O–H groups in total. The van der Waals surface area contributed by atoms with E-state index in [1.807, 2.05) is 137 Å². The van der Waals surface area contributed by atoms with Gasteiger partial charge in [0.1, 0.15) is 46.0 Å². The van der Waals surface area contributed by atoms with Crippen molar-refractivity contribution in [3.8, 4) is 57.1 Å². The average Bonchev–Trinajstić information content (AvgIpc) is 3.49. The summed E-state index contributed by atoms with van der Waals surface area (Å²) in [5, 5.41) is 8.97. The summed E-state index contributed by atoms with van der Waals surface area (Å²) < 4.78 is 78.7. The van der Waals surface area contributed by atoms with Crippen LogP contribution in [0.5, 0.6) is 46.0 Å². The van der Waals surface area contributed by atoms with E-state index in [4.69, 9.17) is 18.9 Å². The molecule has 8 nitrogen and oxygen atoms in total. The third-order valence-corrected chi connectivity index (χ3v) is 16.4. The first-order valence-electron chi connectivity index (χ1n) is 25.7. The molecule has 0 spiro atoms. The van der Waals surface area contributed by atoms with Crippen LogP contribution < -0.4 is 18.9 Å². The molecule has 0 radical (unpaired) electrons. The second-order valence-corrected chi connectivity index (χ2v) is 21.7. The molecule has 0 fully saturated rings. The van der Waals surface area contributed by atoms with E-state index in [2.05, 4.69) is 48.5 Å². The van der Waals surface area contributed by atoms with E-state index >= 15 is 0 Å². The van der Waals surface area contributed by atoms with Crippen LogP contribution >= 0.6 is 0 Å². The van der Waals surface area contributed by atoms with Gasteiger partial charge in [0.05, 0.1) is 19.6 Å². The molecule has 0 amide bonds. The van der Waals surface area contributed by atoms with E-state index in [0.29, 0.717) is 46.0 Å². The van der Waals surface area contributed by atoms with Crippen molar-refractivity contribution in [1.82, 2.24) is 0 Å². The highest BCUT2D eigenvalue weighted by Crippen LogP contribution is 2.35.